The van der Waals surface area contributed by atoms with Crippen molar-refractivity contribution in [1.82, 2.24) is 0 Å². The zero-order chi connectivity index (χ0) is 15.4. The summed E-state index contributed by atoms with van der Waals surface area (Å²) in [5, 5.41) is 0. The monoisotopic (exact) mass is 603 g/mol. The molecule has 0 amide bonds. The average Bonchev–Trinajstić information content (AvgIpc) is 2.42. The van der Waals surface area contributed by atoms with E-state index in [1.54, 1.807) is 6.92 Å². The smallest absolute Gasteiger partial charge is 0.699 e. The molecule has 0 radical (unpaired) electrons. The Morgan fingerprint density at radius 3 is 1.84 bits per heavy atom. The molecule has 0 saturated heterocycles. The maximum atomic E-state index is 10.7. The Morgan fingerprint density at radius 2 is 1.53 bits per heavy atom. The fraction of sp³-hybridized carbons (Fsp3) is 0.214. The predicted octanol–water partition coefficient (Wildman–Crippen LogP) is 4.01. The van der Waals surface area contributed by atoms with Crippen LogP contribution in [-0.2, 0) is 51.7 Å². The molecule has 104 valence electrons. The van der Waals surface area contributed by atoms with Crippen LogP contribution in [-0.4, -0.2) is 12.5 Å². The number of carbonyl (C=O) groups excluding carboxylic acids is 2. The molecule has 0 spiro atoms. The van der Waals surface area contributed by atoms with Gasteiger partial charge >= 0.3 is 21.1 Å². The van der Waals surface area contributed by atoms with Gasteiger partial charge in [0.05, 0.1) is 5.57 Å². The quantitative estimate of drug-likeness (QED) is 0.173. The summed E-state index contributed by atoms with van der Waals surface area (Å²) in [4.78, 5) is 21.4. The Hall–Kier alpha value is -0.523. The summed E-state index contributed by atoms with van der Waals surface area (Å²) < 4.78 is 13.5. The molecule has 0 aliphatic heterocycles. The number of rotatable bonds is 3. The van der Waals surface area contributed by atoms with Crippen molar-refractivity contribution in [3.63, 3.8) is 0 Å². The first-order valence-corrected chi connectivity index (χ1v) is 5.26. The Labute approximate surface area is 147 Å². The van der Waals surface area contributed by atoms with Gasteiger partial charge in [0.2, 0.25) is 0 Å². The second-order valence-corrected chi connectivity index (χ2v) is 2.38. The van der Waals surface area contributed by atoms with Gasteiger partial charge in [0.15, 0.2) is 12.5 Å². The van der Waals surface area contributed by atoms with Crippen LogP contribution in [0.1, 0.15) is 29.1 Å². The molecule has 0 aromatic heterocycles. The molecule has 5 heteroatoms. The van der Waals surface area contributed by atoms with Crippen molar-refractivity contribution in [3.8, 4) is 0 Å². The van der Waals surface area contributed by atoms with Gasteiger partial charge < -0.3 is 12.7 Å². The fourth-order valence-electron chi connectivity index (χ4n) is 0.826. The predicted molar refractivity (Wildman–Crippen MR) is 72.9 cm³/mol. The van der Waals surface area contributed by atoms with E-state index in [2.05, 4.69) is 6.92 Å². The van der Waals surface area contributed by atoms with E-state index in [9.17, 15) is 9.59 Å². The average molecular weight is 603 g/mol. The third-order valence-electron chi connectivity index (χ3n) is 1.44. The number of allylic oxidation sites excluding steroid dienone is 1. The molecule has 1 aromatic rings. The summed E-state index contributed by atoms with van der Waals surface area (Å²) >= 11 is 0. The molecule has 0 unspecified atom stereocenters. The third kappa shape index (κ3) is 13.7. The minimum atomic E-state index is -1.18. The standard InChI is InChI=1S/C10H9NO2.C2H6.C2H5.2W/c11-10-3-1-8(2-4-10)5-9(6-12)7-13;2*1-2;;/h1-7H,(H2,11,12,13);1-2H3;1H2,2H3;;/q;;-1;;+2/p-1/i6D,7D;;;;. The number of aldehydes is 2. The largest absolute Gasteiger partial charge is 2.00 e. The van der Waals surface area contributed by atoms with Gasteiger partial charge in [-0.05, 0) is 11.6 Å². The second-order valence-electron chi connectivity index (χ2n) is 2.38. The van der Waals surface area contributed by atoms with Crippen molar-refractivity contribution in [2.24, 2.45) is 0 Å². The molecule has 1 aromatic carbocycles. The molecule has 0 bridgehead atoms. The number of hydrogen-bond donors (Lipinski definition) is 0. The second kappa shape index (κ2) is 19.8. The van der Waals surface area contributed by atoms with Crippen LogP contribution in [0, 0.1) is 6.92 Å². The van der Waals surface area contributed by atoms with Gasteiger partial charge in [-0.3, -0.25) is 9.59 Å². The number of hydrogen-bond acceptors (Lipinski definition) is 2. The van der Waals surface area contributed by atoms with E-state index >= 15 is 0 Å². The van der Waals surface area contributed by atoms with E-state index in [-0.39, 0.29) is 42.1 Å². The summed E-state index contributed by atoms with van der Waals surface area (Å²) in [7, 11) is 0. The summed E-state index contributed by atoms with van der Waals surface area (Å²) in [5.74, 6) is 0. The van der Waals surface area contributed by atoms with E-state index in [1.807, 2.05) is 13.8 Å². The van der Waals surface area contributed by atoms with Gasteiger partial charge in [0.25, 0.3) is 0 Å². The first-order chi connectivity index (χ1) is 9.00. The number of carbonyl (C=O) groups is 2. The molecule has 0 atom stereocenters. The summed E-state index contributed by atoms with van der Waals surface area (Å²) in [6.45, 7) is 9.00. The molecule has 19 heavy (non-hydrogen) atoms. The van der Waals surface area contributed by atoms with Crippen LogP contribution in [0.2, 0.25) is 0 Å². The van der Waals surface area contributed by atoms with Crippen LogP contribution >= 0.6 is 0 Å². The SMILES string of the molecule is CC.[2H]C(=O)C(=Cc1ccc([NH-])cc1)C([2H])=O.[CH2-]C.[W+2].[W]. The fourth-order valence-corrected chi connectivity index (χ4v) is 0.826. The van der Waals surface area contributed by atoms with Crippen LogP contribution in [0.3, 0.4) is 0 Å². The van der Waals surface area contributed by atoms with E-state index in [4.69, 9.17) is 8.48 Å². The summed E-state index contributed by atoms with van der Waals surface area (Å²) in [6, 6.07) is 6.06. The topological polar surface area (TPSA) is 57.9 Å². The molecular formula is C14H19NO2W2. The first-order valence-electron chi connectivity index (χ1n) is 6.26. The van der Waals surface area contributed by atoms with Gasteiger partial charge in [0, 0.05) is 21.1 Å². The van der Waals surface area contributed by atoms with E-state index in [0.29, 0.717) is 11.3 Å². The van der Waals surface area contributed by atoms with Gasteiger partial charge in [-0.2, -0.15) is 6.92 Å². The van der Waals surface area contributed by atoms with Crippen molar-refractivity contribution >= 4 is 24.3 Å². The molecule has 1 N–H and O–H groups in total. The number of nitrogens with one attached hydrogen (secondary N) is 1. The van der Waals surface area contributed by atoms with Crippen LogP contribution in [0.15, 0.2) is 29.8 Å². The van der Waals surface area contributed by atoms with Gasteiger partial charge in [-0.15, -0.1) is 5.69 Å². The van der Waals surface area contributed by atoms with Gasteiger partial charge in [-0.1, -0.05) is 38.1 Å². The third-order valence-corrected chi connectivity index (χ3v) is 1.44. The van der Waals surface area contributed by atoms with Gasteiger partial charge in [0.1, 0.15) is 2.74 Å². The minimum absolute atomic E-state index is 0. The molecule has 0 aliphatic rings. The number of benzene rings is 1. The molecule has 3 nitrogen and oxygen atoms in total. The van der Waals surface area contributed by atoms with Gasteiger partial charge in [-0.25, -0.2) is 0 Å². The Balaban J connectivity index is -0.000000221. The zero-order valence-corrected chi connectivity index (χ0v) is 17.1. The van der Waals surface area contributed by atoms with Crippen molar-refractivity contribution in [2.45, 2.75) is 20.8 Å². The van der Waals surface area contributed by atoms with E-state index in [1.165, 1.54) is 30.3 Å². The maximum Gasteiger partial charge on any atom is 2.00 e. The van der Waals surface area contributed by atoms with Crippen molar-refractivity contribution in [3.05, 3.63) is 48.1 Å². The zero-order valence-electron chi connectivity index (χ0n) is 13.2. The molecule has 1 rings (SSSR count). The van der Waals surface area contributed by atoms with Crippen LogP contribution in [0.4, 0.5) is 5.69 Å². The first kappa shape index (κ1) is 20.8. The Kier molecular flexibility index (Phi) is 21.7. The minimum Gasteiger partial charge on any atom is -0.699 e. The Morgan fingerprint density at radius 1 is 1.16 bits per heavy atom. The summed E-state index contributed by atoms with van der Waals surface area (Å²) in [5.41, 5.74) is 7.56. The molecule has 0 heterocycles. The maximum absolute atomic E-state index is 10.7. The Bertz CT molecular complexity index is 419. The van der Waals surface area contributed by atoms with Crippen molar-refractivity contribution < 1.29 is 54.5 Å². The molecule has 0 aliphatic carbocycles. The van der Waals surface area contributed by atoms with E-state index < -0.39 is 18.1 Å². The van der Waals surface area contributed by atoms with Crippen molar-refractivity contribution in [2.75, 3.05) is 0 Å². The van der Waals surface area contributed by atoms with Crippen LogP contribution in [0.5, 0.6) is 0 Å². The van der Waals surface area contributed by atoms with Crippen molar-refractivity contribution in [1.29, 1.82) is 0 Å². The van der Waals surface area contributed by atoms with Crippen LogP contribution < -0.4 is 0 Å². The molecule has 0 fully saturated rings. The summed E-state index contributed by atoms with van der Waals surface area (Å²) in [6.07, 6.45) is -1.18. The van der Waals surface area contributed by atoms with E-state index in [0.717, 1.165) is 0 Å². The van der Waals surface area contributed by atoms with Crippen LogP contribution in [0.25, 0.3) is 11.8 Å². The molecule has 0 saturated carbocycles. The normalized spacial score (nSPS) is 8.21. The molecular weight excluding hydrogens is 582 g/mol.